The molecule has 21 heavy (non-hydrogen) atoms. The first kappa shape index (κ1) is 16.9. The van der Waals surface area contributed by atoms with E-state index in [0.29, 0.717) is 12.5 Å². The number of nitrogens with one attached hydrogen (secondary N) is 2. The lowest BCUT2D eigenvalue weighted by Crippen LogP contribution is -2.34. The number of guanidine groups is 1. The second kappa shape index (κ2) is 7.61. The smallest absolute Gasteiger partial charge is 0.422 e. The third kappa shape index (κ3) is 5.80. The number of benzene rings is 1. The monoisotopic (exact) mass is 305 g/mol. The van der Waals surface area contributed by atoms with Crippen LogP contribution in [0.4, 0.5) is 13.2 Å². The number of rotatable bonds is 5. The number of aliphatic imine (C=N–C) groups is 1. The van der Waals surface area contributed by atoms with E-state index < -0.39 is 12.8 Å². The molecule has 0 spiro atoms. The lowest BCUT2D eigenvalue weighted by Gasteiger charge is -2.14. The maximum absolute atomic E-state index is 12.1. The van der Waals surface area contributed by atoms with Crippen molar-refractivity contribution >= 4 is 5.96 Å². The number of alkyl halides is 3. The van der Waals surface area contributed by atoms with Crippen molar-refractivity contribution in [2.24, 2.45) is 4.99 Å². The fourth-order valence-corrected chi connectivity index (χ4v) is 1.57. The first-order valence-electron chi connectivity index (χ1n) is 6.14. The Kier molecular flexibility index (Phi) is 6.13. The molecule has 0 amide bonds. The summed E-state index contributed by atoms with van der Waals surface area (Å²) in [7, 11) is 4.73. The Labute approximate surface area is 121 Å². The minimum Gasteiger partial charge on any atom is -0.493 e. The van der Waals surface area contributed by atoms with Crippen molar-refractivity contribution in [3.05, 3.63) is 23.8 Å². The van der Waals surface area contributed by atoms with E-state index in [2.05, 4.69) is 15.6 Å². The summed E-state index contributed by atoms with van der Waals surface area (Å²) < 4.78 is 46.2. The van der Waals surface area contributed by atoms with Crippen LogP contribution in [0.1, 0.15) is 5.56 Å². The molecule has 0 radical (unpaired) electrons. The third-order valence-corrected chi connectivity index (χ3v) is 2.54. The van der Waals surface area contributed by atoms with Gasteiger partial charge in [0.25, 0.3) is 0 Å². The first-order valence-corrected chi connectivity index (χ1v) is 6.14. The standard InChI is InChI=1S/C13H18F3N3O2/c1-17-12(18-2)19-7-9-4-5-10(11(6-9)20-3)21-8-13(14,15)16/h4-6H,7-8H2,1-3H3,(H2,17,18,19). The maximum Gasteiger partial charge on any atom is 0.422 e. The van der Waals surface area contributed by atoms with Crippen LogP contribution in [0.25, 0.3) is 0 Å². The van der Waals surface area contributed by atoms with Gasteiger partial charge in [0.15, 0.2) is 24.1 Å². The van der Waals surface area contributed by atoms with Gasteiger partial charge in [0.2, 0.25) is 0 Å². The molecule has 1 aromatic carbocycles. The molecule has 0 aliphatic heterocycles. The van der Waals surface area contributed by atoms with Crippen molar-refractivity contribution < 1.29 is 22.6 Å². The Bertz CT molecular complexity index is 490. The fraction of sp³-hybridized carbons (Fsp3) is 0.462. The summed E-state index contributed by atoms with van der Waals surface area (Å²) in [4.78, 5) is 3.95. The molecule has 8 heteroatoms. The molecule has 0 atom stereocenters. The van der Waals surface area contributed by atoms with Crippen LogP contribution < -0.4 is 20.1 Å². The van der Waals surface area contributed by atoms with Gasteiger partial charge < -0.3 is 20.1 Å². The molecule has 1 aromatic rings. The topological polar surface area (TPSA) is 54.9 Å². The zero-order valence-electron chi connectivity index (χ0n) is 12.0. The van der Waals surface area contributed by atoms with Crippen LogP contribution in [0.3, 0.4) is 0 Å². The van der Waals surface area contributed by atoms with Gasteiger partial charge in [-0.3, -0.25) is 4.99 Å². The zero-order valence-corrected chi connectivity index (χ0v) is 12.0. The highest BCUT2D eigenvalue weighted by Crippen LogP contribution is 2.29. The summed E-state index contributed by atoms with van der Waals surface area (Å²) in [6.07, 6.45) is -4.38. The van der Waals surface area contributed by atoms with E-state index in [1.165, 1.54) is 13.2 Å². The lowest BCUT2D eigenvalue weighted by atomic mass is 10.2. The van der Waals surface area contributed by atoms with Gasteiger partial charge in [-0.2, -0.15) is 13.2 Å². The molecule has 0 aliphatic carbocycles. The highest BCUT2D eigenvalue weighted by molar-refractivity contribution is 5.79. The van der Waals surface area contributed by atoms with Crippen molar-refractivity contribution in [3.8, 4) is 11.5 Å². The Hall–Kier alpha value is -2.12. The summed E-state index contributed by atoms with van der Waals surface area (Å²) >= 11 is 0. The van der Waals surface area contributed by atoms with Gasteiger partial charge in [0, 0.05) is 20.6 Å². The Morgan fingerprint density at radius 1 is 1.29 bits per heavy atom. The number of nitrogens with zero attached hydrogens (tertiary/aromatic N) is 1. The van der Waals surface area contributed by atoms with E-state index in [-0.39, 0.29) is 11.5 Å². The number of methoxy groups -OCH3 is 1. The van der Waals surface area contributed by atoms with Crippen LogP contribution in [-0.4, -0.2) is 39.9 Å². The molecule has 0 heterocycles. The lowest BCUT2D eigenvalue weighted by molar-refractivity contribution is -0.153. The van der Waals surface area contributed by atoms with Crippen molar-refractivity contribution in [3.63, 3.8) is 0 Å². The Morgan fingerprint density at radius 2 is 2.00 bits per heavy atom. The van der Waals surface area contributed by atoms with Gasteiger partial charge in [-0.15, -0.1) is 0 Å². The number of hydrogen-bond donors (Lipinski definition) is 2. The first-order chi connectivity index (χ1) is 9.89. The minimum atomic E-state index is -4.38. The summed E-state index contributed by atoms with van der Waals surface area (Å²) in [6.45, 7) is -0.906. The molecular weight excluding hydrogens is 287 g/mol. The molecule has 0 fully saturated rings. The largest absolute Gasteiger partial charge is 0.493 e. The average Bonchev–Trinajstić information content (AvgIpc) is 2.45. The third-order valence-electron chi connectivity index (χ3n) is 2.54. The molecule has 1 rings (SSSR count). The Morgan fingerprint density at radius 3 is 2.52 bits per heavy atom. The molecule has 0 aromatic heterocycles. The van der Waals surface area contributed by atoms with E-state index in [9.17, 15) is 13.2 Å². The molecule has 0 aliphatic rings. The number of ether oxygens (including phenoxy) is 2. The van der Waals surface area contributed by atoms with E-state index in [0.717, 1.165) is 5.56 Å². The van der Waals surface area contributed by atoms with Crippen molar-refractivity contribution in [2.45, 2.75) is 12.7 Å². The molecule has 118 valence electrons. The molecule has 0 bridgehead atoms. The normalized spacial score (nSPS) is 12.0. The van der Waals surface area contributed by atoms with E-state index in [1.807, 2.05) is 0 Å². The van der Waals surface area contributed by atoms with Crippen LogP contribution >= 0.6 is 0 Å². The quantitative estimate of drug-likeness (QED) is 0.645. The van der Waals surface area contributed by atoms with Crippen molar-refractivity contribution in [2.75, 3.05) is 27.8 Å². The molecule has 5 nitrogen and oxygen atoms in total. The number of halogens is 3. The molecule has 0 unspecified atom stereocenters. The average molecular weight is 305 g/mol. The maximum atomic E-state index is 12.1. The predicted octanol–water partition coefficient (Wildman–Crippen LogP) is 1.93. The van der Waals surface area contributed by atoms with Gasteiger partial charge in [0.05, 0.1) is 7.11 Å². The summed E-state index contributed by atoms with van der Waals surface area (Å²) in [5.74, 6) is 0.904. The van der Waals surface area contributed by atoms with Gasteiger partial charge in [-0.1, -0.05) is 6.07 Å². The number of hydrogen-bond acceptors (Lipinski definition) is 3. The zero-order chi connectivity index (χ0) is 15.9. The van der Waals surface area contributed by atoms with Gasteiger partial charge in [0.1, 0.15) is 0 Å². The minimum absolute atomic E-state index is 0.0524. The molecule has 2 N–H and O–H groups in total. The Balaban J connectivity index is 2.74. The highest BCUT2D eigenvalue weighted by atomic mass is 19.4. The molecular formula is C13H18F3N3O2. The van der Waals surface area contributed by atoms with Crippen LogP contribution in [0.15, 0.2) is 23.2 Å². The predicted molar refractivity (Wildman–Crippen MR) is 73.8 cm³/mol. The highest BCUT2D eigenvalue weighted by Gasteiger charge is 2.29. The summed E-state index contributed by atoms with van der Waals surface area (Å²) in [5.41, 5.74) is 0.822. The van der Waals surface area contributed by atoms with Crippen LogP contribution in [0.2, 0.25) is 0 Å². The van der Waals surface area contributed by atoms with Crippen LogP contribution in [-0.2, 0) is 6.54 Å². The fourth-order valence-electron chi connectivity index (χ4n) is 1.57. The molecule has 0 saturated heterocycles. The van der Waals surface area contributed by atoms with Crippen LogP contribution in [0, 0.1) is 0 Å². The summed E-state index contributed by atoms with van der Waals surface area (Å²) in [5, 5.41) is 5.88. The van der Waals surface area contributed by atoms with Gasteiger partial charge in [-0.25, -0.2) is 0 Å². The van der Waals surface area contributed by atoms with E-state index in [4.69, 9.17) is 9.47 Å². The van der Waals surface area contributed by atoms with Gasteiger partial charge in [-0.05, 0) is 17.7 Å². The second-order valence-electron chi connectivity index (χ2n) is 4.06. The second-order valence-corrected chi connectivity index (χ2v) is 4.06. The van der Waals surface area contributed by atoms with E-state index in [1.54, 1.807) is 26.2 Å². The van der Waals surface area contributed by atoms with E-state index >= 15 is 0 Å². The van der Waals surface area contributed by atoms with Gasteiger partial charge >= 0.3 is 6.18 Å². The molecule has 0 saturated carbocycles. The van der Waals surface area contributed by atoms with Crippen molar-refractivity contribution in [1.82, 2.24) is 10.6 Å². The SMILES string of the molecule is CN=C(NC)NCc1ccc(OCC(F)(F)F)c(OC)c1. The summed E-state index contributed by atoms with van der Waals surface area (Å²) in [6, 6.07) is 4.72. The van der Waals surface area contributed by atoms with Crippen LogP contribution in [0.5, 0.6) is 11.5 Å². The van der Waals surface area contributed by atoms with Crippen molar-refractivity contribution in [1.29, 1.82) is 0 Å².